The summed E-state index contributed by atoms with van der Waals surface area (Å²) in [5.74, 6) is 0.0602. The van der Waals surface area contributed by atoms with Crippen molar-refractivity contribution in [3.05, 3.63) is 29.3 Å². The second-order valence-corrected chi connectivity index (χ2v) is 7.53. The van der Waals surface area contributed by atoms with E-state index in [-0.39, 0.29) is 5.75 Å². The van der Waals surface area contributed by atoms with Crippen molar-refractivity contribution in [1.82, 2.24) is 4.90 Å². The van der Waals surface area contributed by atoms with E-state index in [4.69, 9.17) is 11.6 Å². The van der Waals surface area contributed by atoms with Crippen LogP contribution >= 0.6 is 11.6 Å². The van der Waals surface area contributed by atoms with E-state index < -0.39 is 15.4 Å². The summed E-state index contributed by atoms with van der Waals surface area (Å²) >= 11 is 5.72. The van der Waals surface area contributed by atoms with Crippen LogP contribution in [0.15, 0.2) is 29.2 Å². The van der Waals surface area contributed by atoms with Gasteiger partial charge in [-0.15, -0.1) is 0 Å². The van der Waals surface area contributed by atoms with Crippen molar-refractivity contribution >= 4 is 21.4 Å². The Kier molecular flexibility index (Phi) is 3.69. The van der Waals surface area contributed by atoms with Crippen LogP contribution in [0.1, 0.15) is 6.92 Å². The summed E-state index contributed by atoms with van der Waals surface area (Å²) in [7, 11) is -3.27. The molecular formula is C12H16ClNO3S. The Bertz CT molecular complexity index is 517. The van der Waals surface area contributed by atoms with Crippen LogP contribution in [-0.2, 0) is 9.84 Å². The number of likely N-dealkylation sites (tertiary alicyclic amines) is 1. The fourth-order valence-corrected chi connectivity index (χ4v) is 3.50. The molecule has 1 aromatic rings. The molecule has 1 aromatic carbocycles. The van der Waals surface area contributed by atoms with Gasteiger partial charge in [-0.25, -0.2) is 8.42 Å². The molecule has 2 rings (SSSR count). The molecule has 0 spiro atoms. The van der Waals surface area contributed by atoms with Crippen LogP contribution in [0.3, 0.4) is 0 Å². The highest BCUT2D eigenvalue weighted by Crippen LogP contribution is 2.20. The van der Waals surface area contributed by atoms with Crippen LogP contribution in [0.4, 0.5) is 0 Å². The minimum absolute atomic E-state index is 0.0602. The molecule has 1 saturated heterocycles. The first-order valence-electron chi connectivity index (χ1n) is 5.72. The molecule has 1 heterocycles. The van der Waals surface area contributed by atoms with Crippen molar-refractivity contribution < 1.29 is 13.5 Å². The second-order valence-electron chi connectivity index (χ2n) is 4.98. The van der Waals surface area contributed by atoms with Gasteiger partial charge < -0.3 is 5.11 Å². The molecule has 1 aliphatic rings. The van der Waals surface area contributed by atoms with E-state index in [1.807, 2.05) is 4.90 Å². The van der Waals surface area contributed by atoms with E-state index in [1.54, 1.807) is 19.1 Å². The van der Waals surface area contributed by atoms with Gasteiger partial charge in [-0.2, -0.15) is 0 Å². The van der Waals surface area contributed by atoms with Crippen molar-refractivity contribution in [3.63, 3.8) is 0 Å². The molecule has 18 heavy (non-hydrogen) atoms. The monoisotopic (exact) mass is 289 g/mol. The number of nitrogens with zero attached hydrogens (tertiary/aromatic N) is 1. The lowest BCUT2D eigenvalue weighted by Crippen LogP contribution is -2.60. The van der Waals surface area contributed by atoms with E-state index in [0.717, 1.165) is 0 Å². The third-order valence-corrected chi connectivity index (χ3v) is 4.94. The van der Waals surface area contributed by atoms with Gasteiger partial charge in [0.25, 0.3) is 0 Å². The summed E-state index contributed by atoms with van der Waals surface area (Å²) in [6.45, 7) is 3.25. The highest BCUT2D eigenvalue weighted by atomic mass is 35.5. The standard InChI is InChI=1S/C12H16ClNO3S/c1-12(15)8-14(9-12)6-7-18(16,17)11-4-2-10(13)3-5-11/h2-5,15H,6-9H2,1H3. The molecule has 4 nitrogen and oxygen atoms in total. The van der Waals surface area contributed by atoms with Gasteiger partial charge in [-0.05, 0) is 31.2 Å². The minimum Gasteiger partial charge on any atom is -0.388 e. The highest BCUT2D eigenvalue weighted by molar-refractivity contribution is 7.91. The smallest absolute Gasteiger partial charge is 0.179 e. The number of aliphatic hydroxyl groups is 1. The summed E-state index contributed by atoms with van der Waals surface area (Å²) in [5, 5.41) is 10.1. The molecule has 0 aromatic heterocycles. The fraction of sp³-hybridized carbons (Fsp3) is 0.500. The summed E-state index contributed by atoms with van der Waals surface area (Å²) in [6, 6.07) is 6.18. The van der Waals surface area contributed by atoms with E-state index in [2.05, 4.69) is 0 Å². The molecule has 6 heteroatoms. The van der Waals surface area contributed by atoms with Gasteiger partial charge in [0.2, 0.25) is 0 Å². The Morgan fingerprint density at radius 3 is 2.39 bits per heavy atom. The van der Waals surface area contributed by atoms with Crippen LogP contribution in [0.5, 0.6) is 0 Å². The predicted molar refractivity (Wildman–Crippen MR) is 70.6 cm³/mol. The van der Waals surface area contributed by atoms with Gasteiger partial charge in [-0.1, -0.05) is 11.6 Å². The number of sulfone groups is 1. The van der Waals surface area contributed by atoms with Gasteiger partial charge in [0.1, 0.15) is 0 Å². The Morgan fingerprint density at radius 1 is 1.33 bits per heavy atom. The average molecular weight is 290 g/mol. The molecule has 0 unspecified atom stereocenters. The van der Waals surface area contributed by atoms with Crippen LogP contribution in [-0.4, -0.2) is 49.4 Å². The maximum Gasteiger partial charge on any atom is 0.179 e. The lowest BCUT2D eigenvalue weighted by molar-refractivity contribution is -0.0802. The summed E-state index contributed by atoms with van der Waals surface area (Å²) < 4.78 is 24.0. The zero-order valence-electron chi connectivity index (χ0n) is 10.1. The third-order valence-electron chi connectivity index (χ3n) is 2.98. The average Bonchev–Trinajstić information content (AvgIpc) is 2.24. The van der Waals surface area contributed by atoms with Gasteiger partial charge in [0.05, 0.1) is 16.2 Å². The summed E-state index contributed by atoms with van der Waals surface area (Å²) in [5.41, 5.74) is -0.663. The molecule has 1 fully saturated rings. The Labute approximate surface area is 112 Å². The van der Waals surface area contributed by atoms with Crippen molar-refractivity contribution in [2.45, 2.75) is 17.4 Å². The number of hydrogen-bond acceptors (Lipinski definition) is 4. The molecule has 1 N–H and O–H groups in total. The van der Waals surface area contributed by atoms with E-state index in [9.17, 15) is 13.5 Å². The number of halogens is 1. The zero-order valence-corrected chi connectivity index (χ0v) is 11.7. The normalized spacial score (nSPS) is 19.5. The fourth-order valence-electron chi connectivity index (χ4n) is 2.08. The lowest BCUT2D eigenvalue weighted by atomic mass is 9.97. The maximum absolute atomic E-state index is 12.0. The SMILES string of the molecule is CC1(O)CN(CCS(=O)(=O)c2ccc(Cl)cc2)C1. The van der Waals surface area contributed by atoms with Gasteiger partial charge in [0, 0.05) is 24.7 Å². The lowest BCUT2D eigenvalue weighted by Gasteiger charge is -2.44. The van der Waals surface area contributed by atoms with Crippen LogP contribution in [0.25, 0.3) is 0 Å². The number of hydrogen-bond donors (Lipinski definition) is 1. The second kappa shape index (κ2) is 4.81. The molecule has 0 amide bonds. The number of benzene rings is 1. The predicted octanol–water partition coefficient (Wildman–Crippen LogP) is 1.18. The quantitative estimate of drug-likeness (QED) is 0.904. The van der Waals surface area contributed by atoms with Gasteiger partial charge >= 0.3 is 0 Å². The molecule has 0 aliphatic carbocycles. The first-order valence-corrected chi connectivity index (χ1v) is 7.75. The van der Waals surface area contributed by atoms with Crippen LogP contribution < -0.4 is 0 Å². The topological polar surface area (TPSA) is 57.6 Å². The molecular weight excluding hydrogens is 274 g/mol. The molecule has 0 atom stereocenters. The summed E-state index contributed by atoms with van der Waals surface area (Å²) in [4.78, 5) is 2.21. The molecule has 0 radical (unpaired) electrons. The van der Waals surface area contributed by atoms with Crippen molar-refractivity contribution in [2.24, 2.45) is 0 Å². The summed E-state index contributed by atoms with van der Waals surface area (Å²) in [6.07, 6.45) is 0. The minimum atomic E-state index is -3.27. The maximum atomic E-state index is 12.0. The highest BCUT2D eigenvalue weighted by Gasteiger charge is 2.36. The largest absolute Gasteiger partial charge is 0.388 e. The van der Waals surface area contributed by atoms with E-state index >= 15 is 0 Å². The molecule has 0 saturated carbocycles. The van der Waals surface area contributed by atoms with Crippen molar-refractivity contribution in [3.8, 4) is 0 Å². The van der Waals surface area contributed by atoms with Gasteiger partial charge in [0.15, 0.2) is 9.84 Å². The first kappa shape index (κ1) is 13.8. The van der Waals surface area contributed by atoms with Crippen molar-refractivity contribution in [2.75, 3.05) is 25.4 Å². The Hall–Kier alpha value is -0.620. The zero-order chi connectivity index (χ0) is 13.4. The van der Waals surface area contributed by atoms with Crippen molar-refractivity contribution in [1.29, 1.82) is 0 Å². The number of rotatable bonds is 4. The van der Waals surface area contributed by atoms with E-state index in [0.29, 0.717) is 29.6 Å². The van der Waals surface area contributed by atoms with Crippen LogP contribution in [0, 0.1) is 0 Å². The molecule has 0 bridgehead atoms. The Balaban J connectivity index is 1.94. The first-order chi connectivity index (χ1) is 8.28. The molecule has 1 aliphatic heterocycles. The van der Waals surface area contributed by atoms with E-state index in [1.165, 1.54) is 12.1 Å². The third kappa shape index (κ3) is 3.23. The van der Waals surface area contributed by atoms with Gasteiger partial charge in [-0.3, -0.25) is 4.90 Å². The molecule has 100 valence electrons. The Morgan fingerprint density at radius 2 is 1.89 bits per heavy atom. The number of β-amino-alcohol motifs (C(OH)–C–C–N with tert-alkyl or cyclic N) is 1. The van der Waals surface area contributed by atoms with Crippen LogP contribution in [0.2, 0.25) is 5.02 Å².